The first-order valence-electron chi connectivity index (χ1n) is 11.1. The lowest BCUT2D eigenvalue weighted by Crippen LogP contribution is -2.54. The number of methoxy groups -OCH3 is 1. The molecule has 4 aliphatic rings. The Kier molecular flexibility index (Phi) is 4.88. The van der Waals surface area contributed by atoms with Crippen molar-refractivity contribution < 1.29 is 9.53 Å². The fourth-order valence-corrected chi connectivity index (χ4v) is 6.38. The third-order valence-electron chi connectivity index (χ3n) is 7.38. The summed E-state index contributed by atoms with van der Waals surface area (Å²) in [4.78, 5) is 25.4. The second kappa shape index (κ2) is 7.56. The molecule has 4 saturated carbocycles. The van der Waals surface area contributed by atoms with Gasteiger partial charge in [-0.2, -0.15) is 5.10 Å². The molecule has 6 rings (SSSR count). The summed E-state index contributed by atoms with van der Waals surface area (Å²) < 4.78 is 6.64. The van der Waals surface area contributed by atoms with Gasteiger partial charge in [0.05, 0.1) is 19.3 Å². The number of aromatic nitrogens is 2. The highest BCUT2D eigenvalue weighted by atomic mass is 16.5. The first-order chi connectivity index (χ1) is 14.5. The maximum Gasteiger partial charge on any atom is 0.266 e. The number of nitrogens with zero attached hydrogens (tertiary/aromatic N) is 2. The summed E-state index contributed by atoms with van der Waals surface area (Å²) in [5, 5.41) is 7.63. The van der Waals surface area contributed by atoms with E-state index in [0.717, 1.165) is 54.0 Å². The zero-order valence-electron chi connectivity index (χ0n) is 17.5. The van der Waals surface area contributed by atoms with Crippen LogP contribution in [0.5, 0.6) is 5.75 Å². The van der Waals surface area contributed by atoms with Gasteiger partial charge in [0, 0.05) is 23.6 Å². The Morgan fingerprint density at radius 2 is 1.70 bits per heavy atom. The van der Waals surface area contributed by atoms with Crippen LogP contribution < -0.4 is 15.6 Å². The molecule has 4 aliphatic carbocycles. The lowest BCUT2D eigenvalue weighted by Gasteiger charge is -2.55. The molecule has 0 spiro atoms. The highest BCUT2D eigenvalue weighted by molar-refractivity contribution is 5.83. The number of hydrogen-bond acceptors (Lipinski definition) is 4. The molecule has 1 amide bonds. The number of amides is 1. The standard InChI is InChI=1S/C24H29N3O3/c1-30-20-4-2-19(3-5-20)21-6-7-22(28)27(26-21)9-8-25-23(29)24-13-16-10-17(14-24)12-18(11-16)15-24/h2-7,16-18H,8-15H2,1H3,(H,25,29). The van der Waals surface area contributed by atoms with Gasteiger partial charge in [0.15, 0.2) is 0 Å². The van der Waals surface area contributed by atoms with Crippen molar-refractivity contribution in [1.29, 1.82) is 0 Å². The number of carbonyl (C=O) groups excluding carboxylic acids is 1. The minimum atomic E-state index is -0.156. The molecule has 4 fully saturated rings. The van der Waals surface area contributed by atoms with E-state index >= 15 is 0 Å². The van der Waals surface area contributed by atoms with Crippen molar-refractivity contribution in [3.63, 3.8) is 0 Å². The van der Waals surface area contributed by atoms with Crippen LogP contribution in [0.15, 0.2) is 41.2 Å². The minimum absolute atomic E-state index is 0.155. The Hall–Kier alpha value is -2.63. The summed E-state index contributed by atoms with van der Waals surface area (Å²) in [6.07, 6.45) is 7.12. The molecule has 0 radical (unpaired) electrons. The number of hydrogen-bond donors (Lipinski definition) is 1. The molecule has 0 unspecified atom stereocenters. The van der Waals surface area contributed by atoms with Gasteiger partial charge in [0.2, 0.25) is 5.91 Å². The molecule has 158 valence electrons. The predicted octanol–water partition coefficient (Wildman–Crippen LogP) is 3.25. The highest BCUT2D eigenvalue weighted by Gasteiger charge is 2.54. The van der Waals surface area contributed by atoms with E-state index in [1.165, 1.54) is 30.0 Å². The fraction of sp³-hybridized carbons (Fsp3) is 0.542. The van der Waals surface area contributed by atoms with Crippen LogP contribution in [0.1, 0.15) is 38.5 Å². The van der Waals surface area contributed by atoms with Gasteiger partial charge in [-0.15, -0.1) is 0 Å². The summed E-state index contributed by atoms with van der Waals surface area (Å²) in [5.74, 6) is 3.20. The summed E-state index contributed by atoms with van der Waals surface area (Å²) in [6, 6.07) is 10.9. The highest BCUT2D eigenvalue weighted by Crippen LogP contribution is 2.60. The zero-order chi connectivity index (χ0) is 20.7. The summed E-state index contributed by atoms with van der Waals surface area (Å²) >= 11 is 0. The van der Waals surface area contributed by atoms with Crippen molar-refractivity contribution in [2.24, 2.45) is 23.2 Å². The summed E-state index contributed by atoms with van der Waals surface area (Å²) in [5.41, 5.74) is 1.33. The van der Waals surface area contributed by atoms with Gasteiger partial charge in [-0.25, -0.2) is 4.68 Å². The number of nitrogens with one attached hydrogen (secondary N) is 1. The van der Waals surface area contributed by atoms with E-state index in [0.29, 0.717) is 13.1 Å². The smallest absolute Gasteiger partial charge is 0.266 e. The third-order valence-corrected chi connectivity index (χ3v) is 7.38. The molecule has 0 atom stereocenters. The Labute approximate surface area is 176 Å². The summed E-state index contributed by atoms with van der Waals surface area (Å²) in [6.45, 7) is 0.806. The normalized spacial score (nSPS) is 29.0. The van der Waals surface area contributed by atoms with Crippen molar-refractivity contribution >= 4 is 5.91 Å². The van der Waals surface area contributed by atoms with Crippen LogP contribution in [-0.4, -0.2) is 29.3 Å². The topological polar surface area (TPSA) is 73.2 Å². The molecule has 1 N–H and O–H groups in total. The van der Waals surface area contributed by atoms with Gasteiger partial charge >= 0.3 is 0 Å². The first kappa shape index (κ1) is 19.3. The number of carbonyl (C=O) groups is 1. The van der Waals surface area contributed by atoms with Gasteiger partial charge in [0.25, 0.3) is 5.56 Å². The molecular weight excluding hydrogens is 378 g/mol. The quantitative estimate of drug-likeness (QED) is 0.798. The number of benzene rings is 1. The van der Waals surface area contributed by atoms with E-state index in [4.69, 9.17) is 4.74 Å². The van der Waals surface area contributed by atoms with Crippen molar-refractivity contribution in [1.82, 2.24) is 15.1 Å². The first-order valence-corrected chi connectivity index (χ1v) is 11.1. The molecule has 0 saturated heterocycles. The Morgan fingerprint density at radius 1 is 1.07 bits per heavy atom. The summed E-state index contributed by atoms with van der Waals surface area (Å²) in [7, 11) is 1.63. The van der Waals surface area contributed by atoms with Gasteiger partial charge in [-0.3, -0.25) is 9.59 Å². The van der Waals surface area contributed by atoms with Gasteiger partial charge in [-0.1, -0.05) is 0 Å². The second-order valence-corrected chi connectivity index (χ2v) is 9.46. The van der Waals surface area contributed by atoms with E-state index in [1.807, 2.05) is 24.3 Å². The molecule has 2 aromatic rings. The van der Waals surface area contributed by atoms with Crippen molar-refractivity contribution in [2.75, 3.05) is 13.7 Å². The van der Waals surface area contributed by atoms with E-state index < -0.39 is 0 Å². The van der Waals surface area contributed by atoms with Gasteiger partial charge < -0.3 is 10.1 Å². The molecule has 6 heteroatoms. The van der Waals surface area contributed by atoms with Crippen LogP contribution in [0.3, 0.4) is 0 Å². The van der Waals surface area contributed by atoms with Crippen LogP contribution in [0.25, 0.3) is 11.3 Å². The van der Waals surface area contributed by atoms with Crippen molar-refractivity contribution in [3.8, 4) is 17.0 Å². The van der Waals surface area contributed by atoms with E-state index in [-0.39, 0.29) is 16.9 Å². The van der Waals surface area contributed by atoms with Crippen LogP contribution >= 0.6 is 0 Å². The predicted molar refractivity (Wildman–Crippen MR) is 114 cm³/mol. The van der Waals surface area contributed by atoms with E-state index in [1.54, 1.807) is 13.2 Å². The molecule has 30 heavy (non-hydrogen) atoms. The van der Waals surface area contributed by atoms with Gasteiger partial charge in [-0.05, 0) is 86.6 Å². The molecule has 1 aromatic carbocycles. The van der Waals surface area contributed by atoms with E-state index in [9.17, 15) is 9.59 Å². The second-order valence-electron chi connectivity index (χ2n) is 9.46. The van der Waals surface area contributed by atoms with Crippen LogP contribution in [0.4, 0.5) is 0 Å². The molecule has 6 nitrogen and oxygen atoms in total. The molecule has 1 aromatic heterocycles. The van der Waals surface area contributed by atoms with Gasteiger partial charge in [0.1, 0.15) is 5.75 Å². The van der Waals surface area contributed by atoms with Crippen molar-refractivity contribution in [3.05, 3.63) is 46.8 Å². The number of ether oxygens (including phenoxy) is 1. The Balaban J connectivity index is 1.24. The van der Waals surface area contributed by atoms with Crippen molar-refractivity contribution in [2.45, 2.75) is 45.1 Å². The third kappa shape index (κ3) is 3.53. The largest absolute Gasteiger partial charge is 0.497 e. The molecular formula is C24H29N3O3. The van der Waals surface area contributed by atoms with Crippen LogP contribution in [0, 0.1) is 23.2 Å². The molecule has 4 bridgehead atoms. The average Bonchev–Trinajstić information content (AvgIpc) is 2.74. The zero-order valence-corrected chi connectivity index (χ0v) is 17.5. The van der Waals surface area contributed by atoms with E-state index in [2.05, 4.69) is 10.4 Å². The number of rotatable bonds is 6. The maximum absolute atomic E-state index is 13.1. The Morgan fingerprint density at radius 3 is 2.30 bits per heavy atom. The SMILES string of the molecule is COc1ccc(-c2ccc(=O)n(CCNC(=O)C34CC5CC(CC(C5)C3)C4)n2)cc1. The lowest BCUT2D eigenvalue weighted by molar-refractivity contribution is -0.146. The maximum atomic E-state index is 13.1. The molecule has 1 heterocycles. The molecule has 0 aliphatic heterocycles. The Bertz CT molecular complexity index is 960. The van der Waals surface area contributed by atoms with Crippen LogP contribution in [0.2, 0.25) is 0 Å². The fourth-order valence-electron chi connectivity index (χ4n) is 6.38. The average molecular weight is 408 g/mol. The monoisotopic (exact) mass is 407 g/mol. The minimum Gasteiger partial charge on any atom is -0.497 e. The van der Waals surface area contributed by atoms with Crippen LogP contribution in [-0.2, 0) is 11.3 Å². The lowest BCUT2D eigenvalue weighted by atomic mass is 9.49.